The highest BCUT2D eigenvalue weighted by Crippen LogP contribution is 2.40. The van der Waals surface area contributed by atoms with Crippen molar-refractivity contribution in [3.63, 3.8) is 0 Å². The molecule has 0 spiro atoms. The summed E-state index contributed by atoms with van der Waals surface area (Å²) in [4.78, 5) is 16.9. The lowest BCUT2D eigenvalue weighted by Gasteiger charge is -2.19. The first-order valence-corrected chi connectivity index (χ1v) is 9.62. The van der Waals surface area contributed by atoms with E-state index < -0.39 is 0 Å². The largest absolute Gasteiger partial charge is 0.493 e. The van der Waals surface area contributed by atoms with E-state index in [2.05, 4.69) is 20.5 Å². The second-order valence-electron chi connectivity index (χ2n) is 6.66. The Morgan fingerprint density at radius 1 is 1.03 bits per heavy atom. The third kappa shape index (κ3) is 5.08. The monoisotopic (exact) mass is 410 g/mol. The first-order valence-electron chi connectivity index (χ1n) is 9.62. The van der Waals surface area contributed by atoms with Gasteiger partial charge in [-0.25, -0.2) is 4.98 Å². The number of nitrogens with one attached hydrogen (secondary N) is 2. The summed E-state index contributed by atoms with van der Waals surface area (Å²) in [6, 6.07) is 13.3. The number of ether oxygens (including phenoxy) is 3. The summed E-state index contributed by atoms with van der Waals surface area (Å²) in [6.07, 6.45) is 2.78. The number of hydrogen-bond acceptors (Lipinski definition) is 6. The van der Waals surface area contributed by atoms with E-state index in [1.165, 1.54) is 6.33 Å². The van der Waals surface area contributed by atoms with Gasteiger partial charge in [-0.05, 0) is 23.6 Å². The molecule has 1 aromatic heterocycles. The maximum absolute atomic E-state index is 12.8. The summed E-state index contributed by atoms with van der Waals surface area (Å²) in [5.41, 5.74) is 1.88. The molecule has 3 aromatic rings. The number of aromatic amines is 1. The highest BCUT2D eigenvalue weighted by Gasteiger charge is 2.19. The van der Waals surface area contributed by atoms with Crippen LogP contribution in [0, 0.1) is 0 Å². The van der Waals surface area contributed by atoms with E-state index in [0.717, 1.165) is 11.1 Å². The fraction of sp³-hybridized carbons (Fsp3) is 0.318. The van der Waals surface area contributed by atoms with Crippen molar-refractivity contribution in [1.82, 2.24) is 20.5 Å². The number of hydrogen-bond donors (Lipinski definition) is 2. The fourth-order valence-corrected chi connectivity index (χ4v) is 3.33. The lowest BCUT2D eigenvalue weighted by Crippen LogP contribution is -2.30. The van der Waals surface area contributed by atoms with Crippen LogP contribution in [0.5, 0.6) is 17.2 Å². The van der Waals surface area contributed by atoms with Crippen molar-refractivity contribution in [3.8, 4) is 17.2 Å². The van der Waals surface area contributed by atoms with E-state index in [9.17, 15) is 4.79 Å². The first-order chi connectivity index (χ1) is 14.7. The van der Waals surface area contributed by atoms with E-state index in [4.69, 9.17) is 14.2 Å². The Balaban J connectivity index is 1.70. The van der Waals surface area contributed by atoms with Crippen LogP contribution in [0.15, 0.2) is 48.8 Å². The van der Waals surface area contributed by atoms with Crippen LogP contribution in [0.25, 0.3) is 0 Å². The van der Waals surface area contributed by atoms with Gasteiger partial charge in [0.05, 0.1) is 27.4 Å². The number of H-pyrrole nitrogens is 1. The highest BCUT2D eigenvalue weighted by atomic mass is 16.5. The van der Waals surface area contributed by atoms with Crippen LogP contribution in [-0.4, -0.2) is 42.4 Å². The molecule has 158 valence electrons. The Morgan fingerprint density at radius 3 is 2.43 bits per heavy atom. The summed E-state index contributed by atoms with van der Waals surface area (Å²) in [5, 5.41) is 9.85. The number of benzene rings is 2. The summed E-state index contributed by atoms with van der Waals surface area (Å²) in [5.74, 6) is 2.32. The van der Waals surface area contributed by atoms with Gasteiger partial charge in [0.1, 0.15) is 12.2 Å². The number of carbonyl (C=O) groups is 1. The number of rotatable bonds is 10. The molecule has 0 aliphatic rings. The number of amides is 1. The molecule has 0 aliphatic heterocycles. The van der Waals surface area contributed by atoms with Gasteiger partial charge in [0.2, 0.25) is 11.7 Å². The van der Waals surface area contributed by atoms with Gasteiger partial charge in [-0.3, -0.25) is 9.89 Å². The number of aryl methyl sites for hydroxylation is 1. The number of aromatic nitrogens is 3. The van der Waals surface area contributed by atoms with Crippen molar-refractivity contribution in [2.24, 2.45) is 0 Å². The van der Waals surface area contributed by atoms with E-state index >= 15 is 0 Å². The summed E-state index contributed by atoms with van der Waals surface area (Å²) in [7, 11) is 4.71. The molecule has 0 bridgehead atoms. The zero-order chi connectivity index (χ0) is 21.3. The van der Waals surface area contributed by atoms with Crippen LogP contribution in [-0.2, 0) is 17.6 Å². The second-order valence-corrected chi connectivity index (χ2v) is 6.66. The summed E-state index contributed by atoms with van der Waals surface area (Å²) in [6.45, 7) is 0. The predicted octanol–water partition coefficient (Wildman–Crippen LogP) is 2.86. The van der Waals surface area contributed by atoms with Crippen molar-refractivity contribution in [3.05, 3.63) is 65.7 Å². The SMILES string of the molecule is COc1ccc(CCC(=O)N[C@@H](Cc2ncn[nH]2)c2ccccc2)c(OC)c1OC. The molecule has 1 amide bonds. The fourth-order valence-electron chi connectivity index (χ4n) is 3.33. The van der Waals surface area contributed by atoms with Crippen LogP contribution in [0.4, 0.5) is 0 Å². The molecule has 30 heavy (non-hydrogen) atoms. The quantitative estimate of drug-likeness (QED) is 0.533. The maximum Gasteiger partial charge on any atom is 0.220 e. The predicted molar refractivity (Wildman–Crippen MR) is 112 cm³/mol. The van der Waals surface area contributed by atoms with Gasteiger partial charge in [-0.2, -0.15) is 5.10 Å². The zero-order valence-electron chi connectivity index (χ0n) is 17.3. The van der Waals surface area contributed by atoms with E-state index in [-0.39, 0.29) is 11.9 Å². The van der Waals surface area contributed by atoms with Crippen LogP contribution in [0.2, 0.25) is 0 Å². The van der Waals surface area contributed by atoms with Crippen molar-refractivity contribution in [1.29, 1.82) is 0 Å². The van der Waals surface area contributed by atoms with Gasteiger partial charge in [0.15, 0.2) is 11.5 Å². The molecule has 0 unspecified atom stereocenters. The van der Waals surface area contributed by atoms with Gasteiger partial charge in [0, 0.05) is 12.8 Å². The van der Waals surface area contributed by atoms with Crippen LogP contribution >= 0.6 is 0 Å². The molecule has 2 N–H and O–H groups in total. The Kier molecular flexibility index (Phi) is 7.26. The molecular weight excluding hydrogens is 384 g/mol. The molecule has 1 heterocycles. The minimum atomic E-state index is -0.209. The third-order valence-electron chi connectivity index (χ3n) is 4.81. The zero-order valence-corrected chi connectivity index (χ0v) is 17.3. The average molecular weight is 410 g/mol. The minimum absolute atomic E-state index is 0.0693. The van der Waals surface area contributed by atoms with Gasteiger partial charge in [-0.15, -0.1) is 0 Å². The Bertz CT molecular complexity index is 945. The highest BCUT2D eigenvalue weighted by molar-refractivity contribution is 5.77. The van der Waals surface area contributed by atoms with Crippen LogP contribution in [0.3, 0.4) is 0 Å². The summed E-state index contributed by atoms with van der Waals surface area (Å²) >= 11 is 0. The third-order valence-corrected chi connectivity index (χ3v) is 4.81. The van der Waals surface area contributed by atoms with Crippen LogP contribution in [0.1, 0.15) is 29.4 Å². The Hall–Kier alpha value is -3.55. The standard InChI is InChI=1S/C22H26N4O4/c1-28-18-11-9-16(21(29-2)22(18)30-3)10-12-20(27)25-17(13-19-23-14-24-26-19)15-7-5-4-6-8-15/h4-9,11,14,17H,10,12-13H2,1-3H3,(H,25,27)(H,23,24,26)/t17-/m0/s1. The smallest absolute Gasteiger partial charge is 0.220 e. The summed E-state index contributed by atoms with van der Waals surface area (Å²) < 4.78 is 16.2. The van der Waals surface area contributed by atoms with Crippen LogP contribution < -0.4 is 19.5 Å². The molecule has 0 aliphatic carbocycles. The minimum Gasteiger partial charge on any atom is -0.493 e. The number of nitrogens with zero attached hydrogens (tertiary/aromatic N) is 2. The molecule has 0 saturated heterocycles. The van der Waals surface area contributed by atoms with Crippen molar-refractivity contribution >= 4 is 5.91 Å². The molecular formula is C22H26N4O4. The van der Waals surface area contributed by atoms with Gasteiger partial charge in [-0.1, -0.05) is 36.4 Å². The Labute approximate surface area is 175 Å². The lowest BCUT2D eigenvalue weighted by molar-refractivity contribution is -0.121. The normalized spacial score (nSPS) is 11.6. The molecule has 8 nitrogen and oxygen atoms in total. The molecule has 0 saturated carbocycles. The van der Waals surface area contributed by atoms with Gasteiger partial charge in [0.25, 0.3) is 0 Å². The molecule has 0 radical (unpaired) electrons. The van der Waals surface area contributed by atoms with Gasteiger partial charge < -0.3 is 19.5 Å². The number of methoxy groups -OCH3 is 3. The average Bonchev–Trinajstić information content (AvgIpc) is 3.30. The first kappa shape index (κ1) is 21.2. The lowest BCUT2D eigenvalue weighted by atomic mass is 10.0. The molecule has 1 atom stereocenters. The molecule has 2 aromatic carbocycles. The molecule has 3 rings (SSSR count). The van der Waals surface area contributed by atoms with Gasteiger partial charge >= 0.3 is 0 Å². The maximum atomic E-state index is 12.8. The van der Waals surface area contributed by atoms with Crippen molar-refractivity contribution in [2.75, 3.05) is 21.3 Å². The molecule has 0 fully saturated rings. The van der Waals surface area contributed by atoms with E-state index in [0.29, 0.717) is 42.3 Å². The van der Waals surface area contributed by atoms with E-state index in [1.807, 2.05) is 42.5 Å². The van der Waals surface area contributed by atoms with Crippen molar-refractivity contribution < 1.29 is 19.0 Å². The second kappa shape index (κ2) is 10.3. The van der Waals surface area contributed by atoms with E-state index in [1.54, 1.807) is 21.3 Å². The Morgan fingerprint density at radius 2 is 1.80 bits per heavy atom. The number of carbonyl (C=O) groups excluding carboxylic acids is 1. The topological polar surface area (TPSA) is 98.4 Å². The molecule has 8 heteroatoms. The van der Waals surface area contributed by atoms with Crippen molar-refractivity contribution in [2.45, 2.75) is 25.3 Å².